The van der Waals surface area contributed by atoms with Crippen LogP contribution in [-0.4, -0.2) is 17.7 Å². The van der Waals surface area contributed by atoms with Crippen LogP contribution in [0.3, 0.4) is 0 Å². The number of fused-ring (bicyclic) bond motifs is 1. The molecule has 0 radical (unpaired) electrons. The highest BCUT2D eigenvalue weighted by Crippen LogP contribution is 2.22. The molecule has 1 aromatic rings. The zero-order valence-electron chi connectivity index (χ0n) is 7.66. The lowest BCUT2D eigenvalue weighted by atomic mass is 9.94. The van der Waals surface area contributed by atoms with Gasteiger partial charge < -0.3 is 5.32 Å². The van der Waals surface area contributed by atoms with Gasteiger partial charge in [0.15, 0.2) is 0 Å². The molecule has 3 N–H and O–H groups in total. The maximum absolute atomic E-state index is 11.3. The Morgan fingerprint density at radius 2 is 2.29 bits per heavy atom. The molecule has 1 aliphatic heterocycles. The van der Waals surface area contributed by atoms with Crippen LogP contribution in [0.1, 0.15) is 17.2 Å². The van der Waals surface area contributed by atoms with E-state index >= 15 is 0 Å². The molecule has 0 saturated carbocycles. The molecule has 4 nitrogen and oxygen atoms in total. The van der Waals surface area contributed by atoms with Crippen molar-refractivity contribution in [2.45, 2.75) is 12.5 Å². The van der Waals surface area contributed by atoms with Crippen molar-refractivity contribution in [2.24, 2.45) is 0 Å². The Bertz CT molecular complexity index is 352. The van der Waals surface area contributed by atoms with Gasteiger partial charge in [-0.2, -0.15) is 0 Å². The van der Waals surface area contributed by atoms with E-state index in [1.807, 2.05) is 24.3 Å². The van der Waals surface area contributed by atoms with Crippen LogP contribution >= 0.6 is 0 Å². The molecule has 1 aliphatic rings. The van der Waals surface area contributed by atoms with Gasteiger partial charge in [0.25, 0.3) is 5.91 Å². The number of hydrogen-bond donors (Lipinski definition) is 3. The van der Waals surface area contributed by atoms with Crippen molar-refractivity contribution in [1.82, 2.24) is 10.8 Å². The Morgan fingerprint density at radius 3 is 3.07 bits per heavy atom. The van der Waals surface area contributed by atoms with E-state index in [9.17, 15) is 4.79 Å². The Kier molecular flexibility index (Phi) is 2.47. The fourth-order valence-corrected chi connectivity index (χ4v) is 1.80. The molecule has 0 spiro atoms. The van der Waals surface area contributed by atoms with E-state index < -0.39 is 11.9 Å². The van der Waals surface area contributed by atoms with Gasteiger partial charge >= 0.3 is 0 Å². The molecule has 2 rings (SSSR count). The van der Waals surface area contributed by atoms with Crippen LogP contribution in [-0.2, 0) is 11.2 Å². The Balaban J connectivity index is 2.35. The van der Waals surface area contributed by atoms with Crippen LogP contribution in [0, 0.1) is 0 Å². The van der Waals surface area contributed by atoms with Crippen molar-refractivity contribution in [3.63, 3.8) is 0 Å². The van der Waals surface area contributed by atoms with Crippen molar-refractivity contribution >= 4 is 5.91 Å². The van der Waals surface area contributed by atoms with E-state index in [0.717, 1.165) is 18.5 Å². The number of carbonyl (C=O) groups excluding carboxylic acids is 1. The summed E-state index contributed by atoms with van der Waals surface area (Å²) in [7, 11) is 0. The monoisotopic (exact) mass is 192 g/mol. The lowest BCUT2D eigenvalue weighted by Gasteiger charge is -2.24. The Hall–Kier alpha value is -1.39. The van der Waals surface area contributed by atoms with Crippen LogP contribution in [0.2, 0.25) is 0 Å². The van der Waals surface area contributed by atoms with Crippen molar-refractivity contribution in [2.75, 3.05) is 6.54 Å². The first-order chi connectivity index (χ1) is 6.83. The first-order valence-corrected chi connectivity index (χ1v) is 4.58. The number of rotatable bonds is 1. The molecular formula is C10H12N2O2. The van der Waals surface area contributed by atoms with Gasteiger partial charge in [0, 0.05) is 6.54 Å². The van der Waals surface area contributed by atoms with Gasteiger partial charge in [-0.3, -0.25) is 10.0 Å². The minimum absolute atomic E-state index is 0.405. The lowest BCUT2D eigenvalue weighted by Crippen LogP contribution is -2.40. The quantitative estimate of drug-likeness (QED) is 0.445. The van der Waals surface area contributed by atoms with Crippen LogP contribution in [0.15, 0.2) is 24.3 Å². The maximum atomic E-state index is 11.3. The largest absolute Gasteiger partial charge is 0.302 e. The molecule has 0 aromatic heterocycles. The number of hydrogen-bond acceptors (Lipinski definition) is 3. The molecule has 0 fully saturated rings. The van der Waals surface area contributed by atoms with Crippen molar-refractivity contribution in [3.8, 4) is 0 Å². The second kappa shape index (κ2) is 3.77. The summed E-state index contributed by atoms with van der Waals surface area (Å²) in [6.45, 7) is 0.759. The highest BCUT2D eigenvalue weighted by atomic mass is 16.5. The second-order valence-electron chi connectivity index (χ2n) is 3.31. The molecule has 0 bridgehead atoms. The lowest BCUT2D eigenvalue weighted by molar-refractivity contribution is -0.131. The average Bonchev–Trinajstić information content (AvgIpc) is 2.27. The normalized spacial score (nSPS) is 19.9. The maximum Gasteiger partial charge on any atom is 0.265 e. The summed E-state index contributed by atoms with van der Waals surface area (Å²) >= 11 is 0. The molecule has 74 valence electrons. The molecule has 1 heterocycles. The van der Waals surface area contributed by atoms with Gasteiger partial charge in [-0.15, -0.1) is 0 Å². The molecule has 14 heavy (non-hydrogen) atoms. The summed E-state index contributed by atoms with van der Waals surface area (Å²) in [6, 6.07) is 7.33. The van der Waals surface area contributed by atoms with E-state index in [2.05, 4.69) is 5.32 Å². The summed E-state index contributed by atoms with van der Waals surface area (Å²) in [6.07, 6.45) is 0.922. The minimum atomic E-state index is -0.426. The molecule has 1 unspecified atom stereocenters. The van der Waals surface area contributed by atoms with Gasteiger partial charge in [0.05, 0.1) is 0 Å². The van der Waals surface area contributed by atoms with Crippen LogP contribution < -0.4 is 10.8 Å². The van der Waals surface area contributed by atoms with Gasteiger partial charge in [-0.1, -0.05) is 24.3 Å². The third-order valence-corrected chi connectivity index (χ3v) is 2.48. The molecule has 4 heteroatoms. The number of nitrogens with one attached hydrogen (secondary N) is 2. The third-order valence-electron chi connectivity index (χ3n) is 2.48. The Labute approximate surface area is 81.9 Å². The SMILES string of the molecule is O=C(NO)C1NCCc2ccccc21. The molecule has 1 amide bonds. The zero-order chi connectivity index (χ0) is 9.97. The van der Waals surface area contributed by atoms with E-state index in [1.54, 1.807) is 5.48 Å². The number of amides is 1. The molecule has 1 aromatic carbocycles. The average molecular weight is 192 g/mol. The molecule has 0 aliphatic carbocycles. The number of carbonyl (C=O) groups is 1. The smallest absolute Gasteiger partial charge is 0.265 e. The Morgan fingerprint density at radius 1 is 1.50 bits per heavy atom. The van der Waals surface area contributed by atoms with Crippen molar-refractivity contribution in [1.29, 1.82) is 0 Å². The van der Waals surface area contributed by atoms with Crippen LogP contribution in [0.25, 0.3) is 0 Å². The highest BCUT2D eigenvalue weighted by molar-refractivity contribution is 5.82. The van der Waals surface area contributed by atoms with E-state index in [0.29, 0.717) is 0 Å². The van der Waals surface area contributed by atoms with E-state index in [4.69, 9.17) is 5.21 Å². The standard InChI is InChI=1S/C10H12N2O2/c13-10(12-14)9-8-4-2-1-3-7(8)5-6-11-9/h1-4,9,11,14H,5-6H2,(H,12,13). The zero-order valence-corrected chi connectivity index (χ0v) is 7.66. The van der Waals surface area contributed by atoms with Crippen LogP contribution in [0.4, 0.5) is 0 Å². The van der Waals surface area contributed by atoms with E-state index in [1.165, 1.54) is 5.56 Å². The highest BCUT2D eigenvalue weighted by Gasteiger charge is 2.24. The summed E-state index contributed by atoms with van der Waals surface area (Å²) in [5.74, 6) is -0.405. The van der Waals surface area contributed by atoms with Crippen molar-refractivity contribution < 1.29 is 10.0 Å². The summed E-state index contributed by atoms with van der Waals surface area (Å²) in [5.41, 5.74) is 3.79. The fourth-order valence-electron chi connectivity index (χ4n) is 1.80. The topological polar surface area (TPSA) is 61.4 Å². The first kappa shape index (κ1) is 9.18. The predicted molar refractivity (Wildman–Crippen MR) is 50.8 cm³/mol. The minimum Gasteiger partial charge on any atom is -0.302 e. The number of hydroxylamine groups is 1. The second-order valence-corrected chi connectivity index (χ2v) is 3.31. The van der Waals surface area contributed by atoms with E-state index in [-0.39, 0.29) is 0 Å². The molecular weight excluding hydrogens is 180 g/mol. The number of benzene rings is 1. The van der Waals surface area contributed by atoms with Gasteiger partial charge in [-0.05, 0) is 17.5 Å². The summed E-state index contributed by atoms with van der Waals surface area (Å²) in [5, 5.41) is 11.6. The first-order valence-electron chi connectivity index (χ1n) is 4.58. The molecule has 0 saturated heterocycles. The van der Waals surface area contributed by atoms with Crippen LogP contribution in [0.5, 0.6) is 0 Å². The van der Waals surface area contributed by atoms with Crippen molar-refractivity contribution in [3.05, 3.63) is 35.4 Å². The van der Waals surface area contributed by atoms with Gasteiger partial charge in [0.1, 0.15) is 6.04 Å². The van der Waals surface area contributed by atoms with Gasteiger partial charge in [-0.25, -0.2) is 5.48 Å². The third kappa shape index (κ3) is 1.49. The summed E-state index contributed by atoms with van der Waals surface area (Å²) < 4.78 is 0. The van der Waals surface area contributed by atoms with Gasteiger partial charge in [0.2, 0.25) is 0 Å². The molecule has 1 atom stereocenters. The predicted octanol–water partition coefficient (Wildman–Crippen LogP) is 0.379. The fraction of sp³-hybridized carbons (Fsp3) is 0.300. The summed E-state index contributed by atoms with van der Waals surface area (Å²) in [4.78, 5) is 11.3.